The monoisotopic (exact) mass is 451 g/mol. The molecule has 0 fully saturated rings. The van der Waals surface area contributed by atoms with Gasteiger partial charge in [0, 0.05) is 5.56 Å². The van der Waals surface area contributed by atoms with Crippen molar-refractivity contribution < 1.29 is 23.1 Å². The summed E-state index contributed by atoms with van der Waals surface area (Å²) in [6.45, 7) is 0. The van der Waals surface area contributed by atoms with E-state index in [0.29, 0.717) is 6.07 Å². The van der Waals surface area contributed by atoms with Crippen molar-refractivity contribution in [3.05, 3.63) is 48.5 Å². The van der Waals surface area contributed by atoms with E-state index in [0.717, 1.165) is 6.07 Å². The number of aliphatic carboxylic acids is 1. The van der Waals surface area contributed by atoms with E-state index in [1.807, 2.05) is 0 Å². The maximum absolute atomic E-state index is 13.1. The van der Waals surface area contributed by atoms with E-state index in [9.17, 15) is 18.0 Å². The second-order valence-electron chi connectivity index (χ2n) is 4.76. The zero-order chi connectivity index (χ0) is 19.1. The summed E-state index contributed by atoms with van der Waals surface area (Å²) in [6.07, 6.45) is -5.48. The van der Waals surface area contributed by atoms with Crippen molar-refractivity contribution in [3.8, 4) is 11.3 Å². The van der Waals surface area contributed by atoms with Gasteiger partial charge in [0.25, 0.3) is 0 Å². The van der Waals surface area contributed by atoms with Crippen LogP contribution in [0.15, 0.2) is 12.1 Å². The minimum absolute atomic E-state index is 0.154. The van der Waals surface area contributed by atoms with Gasteiger partial charge in [-0.1, -0.05) is 58.0 Å². The fraction of sp³-hybridized carbons (Fsp3) is 0.143. The van der Waals surface area contributed by atoms with Crippen LogP contribution in [-0.2, 0) is 17.4 Å². The number of alkyl halides is 3. The molecule has 2 aromatic rings. The number of carbonyl (C=O) groups is 1. The Morgan fingerprint density at radius 2 is 1.44 bits per heavy atom. The fourth-order valence-corrected chi connectivity index (χ4v) is 3.30. The molecule has 0 aliphatic rings. The molecule has 1 N–H and O–H groups in total. The maximum Gasteiger partial charge on any atom is 0.433 e. The average Bonchev–Trinajstić information content (AvgIpc) is 2.49. The number of carboxylic acids is 1. The molecule has 0 radical (unpaired) electrons. The quantitative estimate of drug-likeness (QED) is 0.418. The zero-order valence-corrected chi connectivity index (χ0v) is 15.5. The van der Waals surface area contributed by atoms with Crippen molar-refractivity contribution >= 4 is 64.0 Å². The molecular formula is C14H5Cl5F3NO2. The van der Waals surface area contributed by atoms with E-state index in [2.05, 4.69) is 4.98 Å². The molecular weight excluding hydrogens is 448 g/mol. The van der Waals surface area contributed by atoms with Crippen molar-refractivity contribution in [2.24, 2.45) is 0 Å². The average molecular weight is 453 g/mol. The maximum atomic E-state index is 13.1. The Hall–Kier alpha value is -0.920. The van der Waals surface area contributed by atoms with Crippen LogP contribution in [0.25, 0.3) is 11.3 Å². The minimum atomic E-state index is -4.82. The zero-order valence-electron chi connectivity index (χ0n) is 11.7. The van der Waals surface area contributed by atoms with Gasteiger partial charge in [0.2, 0.25) is 0 Å². The molecule has 0 aliphatic heterocycles. The van der Waals surface area contributed by atoms with Gasteiger partial charge in [-0.3, -0.25) is 4.79 Å². The first-order valence-electron chi connectivity index (χ1n) is 6.25. The highest BCUT2D eigenvalue weighted by atomic mass is 35.5. The van der Waals surface area contributed by atoms with Crippen LogP contribution in [0.2, 0.25) is 25.1 Å². The van der Waals surface area contributed by atoms with Crippen molar-refractivity contribution in [2.75, 3.05) is 0 Å². The Bertz CT molecular complexity index is 842. The molecule has 3 nitrogen and oxygen atoms in total. The highest BCUT2D eigenvalue weighted by Gasteiger charge is 2.34. The summed E-state index contributed by atoms with van der Waals surface area (Å²) in [5, 5.41) is 7.73. The third-order valence-corrected chi connectivity index (χ3v) is 5.27. The van der Waals surface area contributed by atoms with Crippen LogP contribution in [-0.4, -0.2) is 16.1 Å². The number of rotatable bonds is 3. The summed E-state index contributed by atoms with van der Waals surface area (Å²) in [6, 6.07) is 1.73. The number of hydrogen-bond acceptors (Lipinski definition) is 2. The molecule has 0 aliphatic carbocycles. The number of aromatic nitrogens is 1. The minimum Gasteiger partial charge on any atom is -0.481 e. The van der Waals surface area contributed by atoms with Crippen molar-refractivity contribution in [1.82, 2.24) is 4.98 Å². The number of benzene rings is 1. The van der Waals surface area contributed by atoms with E-state index >= 15 is 0 Å². The van der Waals surface area contributed by atoms with Gasteiger partial charge < -0.3 is 5.11 Å². The van der Waals surface area contributed by atoms with E-state index in [1.165, 1.54) is 0 Å². The third-order valence-electron chi connectivity index (χ3n) is 3.00. The lowest BCUT2D eigenvalue weighted by Crippen LogP contribution is -2.11. The van der Waals surface area contributed by atoms with Crippen LogP contribution in [0.1, 0.15) is 11.3 Å². The van der Waals surface area contributed by atoms with Crippen molar-refractivity contribution in [2.45, 2.75) is 12.6 Å². The van der Waals surface area contributed by atoms with Crippen LogP contribution in [0.5, 0.6) is 0 Å². The Morgan fingerprint density at radius 1 is 0.960 bits per heavy atom. The number of nitrogens with zero attached hydrogens (tertiary/aromatic N) is 1. The summed E-state index contributed by atoms with van der Waals surface area (Å²) >= 11 is 29.7. The number of carboxylic acid groups (broad SMARTS) is 1. The van der Waals surface area contributed by atoms with Gasteiger partial charge in [0.15, 0.2) is 0 Å². The first kappa shape index (κ1) is 20.4. The summed E-state index contributed by atoms with van der Waals surface area (Å²) < 4.78 is 39.2. The molecule has 0 saturated carbocycles. The van der Waals surface area contributed by atoms with Crippen LogP contribution >= 0.6 is 58.0 Å². The molecule has 2 rings (SSSR count). The molecule has 0 atom stereocenters. The lowest BCUT2D eigenvalue weighted by atomic mass is 10.1. The van der Waals surface area contributed by atoms with E-state index < -0.39 is 24.3 Å². The van der Waals surface area contributed by atoms with Crippen LogP contribution < -0.4 is 0 Å². The number of pyridine rings is 1. The van der Waals surface area contributed by atoms with Crippen molar-refractivity contribution in [3.63, 3.8) is 0 Å². The number of halogens is 8. The second-order valence-corrected chi connectivity index (χ2v) is 6.65. The molecule has 0 unspecified atom stereocenters. The predicted molar refractivity (Wildman–Crippen MR) is 91.1 cm³/mol. The lowest BCUT2D eigenvalue weighted by Gasteiger charge is -2.15. The van der Waals surface area contributed by atoms with Crippen LogP contribution in [0, 0.1) is 0 Å². The smallest absolute Gasteiger partial charge is 0.433 e. The molecule has 25 heavy (non-hydrogen) atoms. The molecule has 0 bridgehead atoms. The van der Waals surface area contributed by atoms with E-state index in [1.54, 1.807) is 0 Å². The molecule has 1 heterocycles. The van der Waals surface area contributed by atoms with Gasteiger partial charge in [-0.15, -0.1) is 0 Å². The molecule has 134 valence electrons. The van der Waals surface area contributed by atoms with Gasteiger partial charge in [0.1, 0.15) is 5.69 Å². The third kappa shape index (κ3) is 4.26. The molecule has 11 heteroatoms. The van der Waals surface area contributed by atoms with Gasteiger partial charge in [-0.2, -0.15) is 13.2 Å². The van der Waals surface area contributed by atoms with Crippen LogP contribution in [0.4, 0.5) is 13.2 Å². The lowest BCUT2D eigenvalue weighted by molar-refractivity contribution is -0.141. The Kier molecular flexibility index (Phi) is 6.01. The largest absolute Gasteiger partial charge is 0.481 e. The standard InChI is InChI=1S/C14H5Cl5F3NO2/c15-9-8(10(16)12(18)13(19)11(9)17)5-1-4(3-7(24)25)2-6(23-5)14(20,21)22/h1-2H,3H2,(H,24,25). The highest BCUT2D eigenvalue weighted by molar-refractivity contribution is 6.56. The fourth-order valence-electron chi connectivity index (χ4n) is 1.97. The predicted octanol–water partition coefficient (Wildman–Crippen LogP) is 6.66. The first-order chi connectivity index (χ1) is 11.4. The summed E-state index contributed by atoms with van der Waals surface area (Å²) in [7, 11) is 0. The second kappa shape index (κ2) is 7.37. The van der Waals surface area contributed by atoms with E-state index in [-0.39, 0.29) is 41.9 Å². The molecule has 1 aromatic carbocycles. The van der Waals surface area contributed by atoms with Gasteiger partial charge in [-0.05, 0) is 17.7 Å². The first-order valence-corrected chi connectivity index (χ1v) is 8.14. The van der Waals surface area contributed by atoms with E-state index in [4.69, 9.17) is 63.1 Å². The summed E-state index contributed by atoms with van der Waals surface area (Å²) in [5.74, 6) is -1.32. The highest BCUT2D eigenvalue weighted by Crippen LogP contribution is 2.48. The van der Waals surface area contributed by atoms with Gasteiger partial charge >= 0.3 is 12.1 Å². The van der Waals surface area contributed by atoms with Gasteiger partial charge in [0.05, 0.1) is 37.2 Å². The topological polar surface area (TPSA) is 50.2 Å². The van der Waals surface area contributed by atoms with Gasteiger partial charge in [-0.25, -0.2) is 4.98 Å². The molecule has 0 saturated heterocycles. The Labute approximate surface area is 164 Å². The van der Waals surface area contributed by atoms with Crippen LogP contribution in [0.3, 0.4) is 0 Å². The van der Waals surface area contributed by atoms with Crippen molar-refractivity contribution in [1.29, 1.82) is 0 Å². The molecule has 1 aromatic heterocycles. The number of hydrogen-bond donors (Lipinski definition) is 1. The normalized spacial score (nSPS) is 11.7. The Balaban J connectivity index is 2.81. The molecule has 0 spiro atoms. The Morgan fingerprint density at radius 3 is 1.88 bits per heavy atom. The summed E-state index contributed by atoms with van der Waals surface area (Å²) in [4.78, 5) is 14.3. The molecule has 0 amide bonds. The summed E-state index contributed by atoms with van der Waals surface area (Å²) in [5.41, 5.74) is -1.98. The SMILES string of the molecule is O=C(O)Cc1cc(-c2c(Cl)c(Cl)c(Cl)c(Cl)c2Cl)nc(C(F)(F)F)c1.